The van der Waals surface area contributed by atoms with Crippen LogP contribution in [0.25, 0.3) is 16.5 Å². The number of nitrogens with one attached hydrogen (secondary N) is 1. The highest BCUT2D eigenvalue weighted by molar-refractivity contribution is 5.93. The number of H-pyrrole nitrogens is 1. The summed E-state index contributed by atoms with van der Waals surface area (Å²) < 4.78 is 0. The standard InChI is InChI=1S/C22H28N2O/c25-22(9-2-1-3-10-22)17-6-7-21-19(14-17)20(15-23-21)16-8-12-24-11-4-5-18(24)13-16/h6-8,14-15,18,23,25H,1-5,9-13H2/t18-/m1/s1. The van der Waals surface area contributed by atoms with E-state index in [0.717, 1.165) is 43.8 Å². The molecular weight excluding hydrogens is 308 g/mol. The summed E-state index contributed by atoms with van der Waals surface area (Å²) in [6.45, 7) is 2.36. The lowest BCUT2D eigenvalue weighted by atomic mass is 9.79. The third kappa shape index (κ3) is 2.65. The fourth-order valence-electron chi connectivity index (χ4n) is 5.25. The molecule has 3 heteroatoms. The van der Waals surface area contributed by atoms with Gasteiger partial charge in [-0.1, -0.05) is 31.4 Å². The lowest BCUT2D eigenvalue weighted by molar-refractivity contribution is -0.000508. The summed E-state index contributed by atoms with van der Waals surface area (Å²) in [5.74, 6) is 0. The Bertz CT molecular complexity index is 813. The highest BCUT2D eigenvalue weighted by atomic mass is 16.3. The van der Waals surface area contributed by atoms with Gasteiger partial charge in [0.25, 0.3) is 0 Å². The summed E-state index contributed by atoms with van der Waals surface area (Å²) in [5.41, 5.74) is 4.52. The van der Waals surface area contributed by atoms with Crippen LogP contribution in [0.2, 0.25) is 0 Å². The van der Waals surface area contributed by atoms with Crippen molar-refractivity contribution in [1.29, 1.82) is 0 Å². The van der Waals surface area contributed by atoms with Crippen LogP contribution in [0.5, 0.6) is 0 Å². The van der Waals surface area contributed by atoms with Gasteiger partial charge in [-0.05, 0) is 61.9 Å². The first-order valence-electron chi connectivity index (χ1n) is 10.0. The molecule has 5 rings (SSSR count). The molecule has 2 N–H and O–H groups in total. The zero-order valence-corrected chi connectivity index (χ0v) is 14.9. The molecule has 2 aromatic rings. The van der Waals surface area contributed by atoms with Gasteiger partial charge < -0.3 is 10.1 Å². The van der Waals surface area contributed by atoms with Crippen LogP contribution >= 0.6 is 0 Å². The molecular formula is C22H28N2O. The monoisotopic (exact) mass is 336 g/mol. The fourth-order valence-corrected chi connectivity index (χ4v) is 5.25. The Balaban J connectivity index is 1.52. The van der Waals surface area contributed by atoms with E-state index >= 15 is 0 Å². The number of hydrogen-bond donors (Lipinski definition) is 2. The molecule has 1 aromatic heterocycles. The minimum absolute atomic E-state index is 0.621. The van der Waals surface area contributed by atoms with Crippen molar-refractivity contribution in [3.05, 3.63) is 41.6 Å². The van der Waals surface area contributed by atoms with E-state index in [9.17, 15) is 5.11 Å². The number of rotatable bonds is 2. The Hall–Kier alpha value is -1.58. The quantitative estimate of drug-likeness (QED) is 0.843. The van der Waals surface area contributed by atoms with Crippen molar-refractivity contribution in [2.75, 3.05) is 13.1 Å². The third-order valence-electron chi connectivity index (χ3n) is 6.77. The molecule has 3 nitrogen and oxygen atoms in total. The fraction of sp³-hybridized carbons (Fsp3) is 0.545. The van der Waals surface area contributed by atoms with Gasteiger partial charge in [0, 0.05) is 35.2 Å². The van der Waals surface area contributed by atoms with Gasteiger partial charge in [-0.15, -0.1) is 0 Å². The van der Waals surface area contributed by atoms with Crippen LogP contribution in [-0.4, -0.2) is 34.1 Å². The zero-order chi connectivity index (χ0) is 16.9. The topological polar surface area (TPSA) is 39.3 Å². The molecule has 1 atom stereocenters. The molecule has 2 fully saturated rings. The average molecular weight is 336 g/mol. The minimum atomic E-state index is -0.621. The van der Waals surface area contributed by atoms with E-state index in [4.69, 9.17) is 0 Å². The van der Waals surface area contributed by atoms with Crippen LogP contribution in [0.1, 0.15) is 62.5 Å². The minimum Gasteiger partial charge on any atom is -0.385 e. The van der Waals surface area contributed by atoms with E-state index in [0.29, 0.717) is 0 Å². The van der Waals surface area contributed by atoms with Gasteiger partial charge in [-0.25, -0.2) is 0 Å². The molecule has 0 bridgehead atoms. The van der Waals surface area contributed by atoms with Crippen LogP contribution in [0.4, 0.5) is 0 Å². The van der Waals surface area contributed by atoms with Crippen molar-refractivity contribution in [2.45, 2.75) is 63.0 Å². The average Bonchev–Trinajstić information content (AvgIpc) is 3.27. The van der Waals surface area contributed by atoms with Gasteiger partial charge in [0.2, 0.25) is 0 Å². The molecule has 1 aliphatic carbocycles. The predicted octanol–water partition coefficient (Wildman–Crippen LogP) is 4.57. The number of aromatic amines is 1. The summed E-state index contributed by atoms with van der Waals surface area (Å²) in [6.07, 6.45) is 13.8. The summed E-state index contributed by atoms with van der Waals surface area (Å²) in [4.78, 5) is 6.07. The van der Waals surface area contributed by atoms with Crippen LogP contribution in [0.3, 0.4) is 0 Å². The molecule has 25 heavy (non-hydrogen) atoms. The Morgan fingerprint density at radius 1 is 1.12 bits per heavy atom. The Kier molecular flexibility index (Phi) is 3.76. The second kappa shape index (κ2) is 6.00. The normalized spacial score (nSPS) is 26.6. The van der Waals surface area contributed by atoms with Gasteiger partial charge >= 0.3 is 0 Å². The van der Waals surface area contributed by atoms with Crippen molar-refractivity contribution in [1.82, 2.24) is 9.88 Å². The predicted molar refractivity (Wildman–Crippen MR) is 102 cm³/mol. The number of aliphatic hydroxyl groups is 1. The van der Waals surface area contributed by atoms with E-state index in [2.05, 4.69) is 40.4 Å². The van der Waals surface area contributed by atoms with Crippen LogP contribution in [-0.2, 0) is 5.60 Å². The van der Waals surface area contributed by atoms with E-state index in [-0.39, 0.29) is 0 Å². The summed E-state index contributed by atoms with van der Waals surface area (Å²) >= 11 is 0. The Morgan fingerprint density at radius 3 is 2.88 bits per heavy atom. The Morgan fingerprint density at radius 2 is 2.00 bits per heavy atom. The van der Waals surface area contributed by atoms with Crippen LogP contribution < -0.4 is 0 Å². The smallest absolute Gasteiger partial charge is 0.0896 e. The van der Waals surface area contributed by atoms with E-state index < -0.39 is 5.60 Å². The first kappa shape index (κ1) is 15.7. The zero-order valence-electron chi connectivity index (χ0n) is 14.9. The molecule has 0 amide bonds. The Labute approximate surface area is 149 Å². The molecule has 2 aliphatic heterocycles. The third-order valence-corrected chi connectivity index (χ3v) is 6.77. The molecule has 0 spiro atoms. The van der Waals surface area contributed by atoms with Gasteiger partial charge in [-0.2, -0.15) is 0 Å². The second-order valence-electron chi connectivity index (χ2n) is 8.28. The molecule has 3 aliphatic rings. The number of benzene rings is 1. The summed E-state index contributed by atoms with van der Waals surface area (Å²) in [6, 6.07) is 7.28. The van der Waals surface area contributed by atoms with Crippen molar-refractivity contribution >= 4 is 16.5 Å². The number of fused-ring (bicyclic) bond motifs is 2. The maximum atomic E-state index is 11.1. The van der Waals surface area contributed by atoms with Crippen LogP contribution in [0.15, 0.2) is 30.5 Å². The highest BCUT2D eigenvalue weighted by Gasteiger charge is 2.32. The number of nitrogens with zero attached hydrogens (tertiary/aromatic N) is 1. The van der Waals surface area contributed by atoms with Crippen molar-refractivity contribution in [3.63, 3.8) is 0 Å². The highest BCUT2D eigenvalue weighted by Crippen LogP contribution is 2.40. The maximum absolute atomic E-state index is 11.1. The van der Waals surface area contributed by atoms with Crippen molar-refractivity contribution in [3.8, 4) is 0 Å². The van der Waals surface area contributed by atoms with Crippen molar-refractivity contribution < 1.29 is 5.11 Å². The second-order valence-corrected chi connectivity index (χ2v) is 8.28. The maximum Gasteiger partial charge on any atom is 0.0896 e. The summed E-state index contributed by atoms with van der Waals surface area (Å²) in [7, 11) is 0. The molecule has 1 saturated carbocycles. The molecule has 0 radical (unpaired) electrons. The van der Waals surface area contributed by atoms with Gasteiger partial charge in [0.15, 0.2) is 0 Å². The lowest BCUT2D eigenvalue weighted by Gasteiger charge is -2.32. The van der Waals surface area contributed by atoms with Crippen molar-refractivity contribution in [2.24, 2.45) is 0 Å². The lowest BCUT2D eigenvalue weighted by Crippen LogP contribution is -2.32. The number of aromatic nitrogens is 1. The molecule has 132 valence electrons. The van der Waals surface area contributed by atoms with E-state index in [1.165, 1.54) is 54.3 Å². The van der Waals surface area contributed by atoms with Gasteiger partial charge in [0.05, 0.1) is 5.60 Å². The summed E-state index contributed by atoms with van der Waals surface area (Å²) in [5, 5.41) is 12.4. The molecule has 1 saturated heterocycles. The largest absolute Gasteiger partial charge is 0.385 e. The SMILES string of the molecule is OC1(c2ccc3[nH]cc(C4=CCN5CCC[C@@H]5C4)c3c2)CCCCC1. The number of hydrogen-bond acceptors (Lipinski definition) is 2. The van der Waals surface area contributed by atoms with Crippen LogP contribution in [0, 0.1) is 0 Å². The van der Waals surface area contributed by atoms with E-state index in [1.807, 2.05) is 0 Å². The van der Waals surface area contributed by atoms with E-state index in [1.54, 1.807) is 0 Å². The van der Waals surface area contributed by atoms with Gasteiger partial charge in [-0.3, -0.25) is 4.90 Å². The molecule has 1 aromatic carbocycles. The van der Waals surface area contributed by atoms with Gasteiger partial charge in [0.1, 0.15) is 0 Å². The first-order valence-corrected chi connectivity index (χ1v) is 10.0. The molecule has 0 unspecified atom stereocenters. The molecule has 3 heterocycles. The first-order chi connectivity index (χ1) is 12.2.